The molecule has 3 rings (SSSR count). The first-order chi connectivity index (χ1) is 8.20. The van der Waals surface area contributed by atoms with Crippen molar-refractivity contribution in [1.29, 1.82) is 0 Å². The van der Waals surface area contributed by atoms with E-state index in [2.05, 4.69) is 12.2 Å². The van der Waals surface area contributed by atoms with E-state index < -0.39 is 0 Å². The van der Waals surface area contributed by atoms with E-state index in [1.807, 2.05) is 0 Å². The Hall–Kier alpha value is -1.09. The smallest absolute Gasteiger partial charge is 0.123 e. The SMILES string of the molecule is CC1CC(NCC2Cc3cc(F)ccc3O2)C1. The highest BCUT2D eigenvalue weighted by Crippen LogP contribution is 2.30. The molecule has 1 N–H and O–H groups in total. The molecule has 1 aliphatic carbocycles. The molecule has 2 aliphatic rings. The van der Waals surface area contributed by atoms with E-state index in [0.717, 1.165) is 30.2 Å². The quantitative estimate of drug-likeness (QED) is 0.869. The predicted octanol–water partition coefficient (Wildman–Crippen LogP) is 2.52. The van der Waals surface area contributed by atoms with E-state index in [0.29, 0.717) is 6.04 Å². The second kappa shape index (κ2) is 4.30. The van der Waals surface area contributed by atoms with Crippen LogP contribution in [0, 0.1) is 11.7 Å². The summed E-state index contributed by atoms with van der Waals surface area (Å²) in [6.07, 6.45) is 3.54. The van der Waals surface area contributed by atoms with E-state index >= 15 is 0 Å². The highest BCUT2D eigenvalue weighted by Gasteiger charge is 2.28. The Balaban J connectivity index is 1.52. The maximum atomic E-state index is 13.0. The molecule has 1 heterocycles. The number of fused-ring (bicyclic) bond motifs is 1. The molecule has 1 saturated carbocycles. The largest absolute Gasteiger partial charge is 0.488 e. The van der Waals surface area contributed by atoms with Crippen LogP contribution < -0.4 is 10.1 Å². The first kappa shape index (κ1) is 11.0. The number of nitrogens with one attached hydrogen (secondary N) is 1. The van der Waals surface area contributed by atoms with Gasteiger partial charge in [0.25, 0.3) is 0 Å². The lowest BCUT2D eigenvalue weighted by atomic mass is 9.82. The van der Waals surface area contributed by atoms with Gasteiger partial charge in [0.05, 0.1) is 0 Å². The number of hydrogen-bond acceptors (Lipinski definition) is 2. The fourth-order valence-corrected chi connectivity index (χ4v) is 2.77. The second-order valence-corrected chi connectivity index (χ2v) is 5.38. The highest BCUT2D eigenvalue weighted by molar-refractivity contribution is 5.37. The van der Waals surface area contributed by atoms with Gasteiger partial charge in [0.1, 0.15) is 17.7 Å². The van der Waals surface area contributed by atoms with Crippen molar-refractivity contribution in [3.8, 4) is 5.75 Å². The first-order valence-electron chi connectivity index (χ1n) is 6.39. The number of rotatable bonds is 3. The van der Waals surface area contributed by atoms with Crippen molar-refractivity contribution < 1.29 is 9.13 Å². The number of hydrogen-bond donors (Lipinski definition) is 1. The predicted molar refractivity (Wildman–Crippen MR) is 64.7 cm³/mol. The molecule has 0 radical (unpaired) electrons. The second-order valence-electron chi connectivity index (χ2n) is 5.38. The van der Waals surface area contributed by atoms with E-state index in [9.17, 15) is 4.39 Å². The van der Waals surface area contributed by atoms with E-state index in [4.69, 9.17) is 4.74 Å². The zero-order valence-electron chi connectivity index (χ0n) is 10.1. The van der Waals surface area contributed by atoms with Gasteiger partial charge in [-0.05, 0) is 37.0 Å². The number of benzene rings is 1. The minimum atomic E-state index is -0.172. The van der Waals surface area contributed by atoms with Gasteiger partial charge in [0, 0.05) is 24.6 Å². The van der Waals surface area contributed by atoms with Gasteiger partial charge >= 0.3 is 0 Å². The Bertz CT molecular complexity index is 415. The molecule has 1 aliphatic heterocycles. The molecule has 0 spiro atoms. The van der Waals surface area contributed by atoms with Gasteiger partial charge in [-0.25, -0.2) is 4.39 Å². The van der Waals surface area contributed by atoms with Crippen molar-refractivity contribution in [2.75, 3.05) is 6.54 Å². The molecule has 17 heavy (non-hydrogen) atoms. The van der Waals surface area contributed by atoms with Crippen LogP contribution in [0.4, 0.5) is 4.39 Å². The summed E-state index contributed by atoms with van der Waals surface area (Å²) in [7, 11) is 0. The van der Waals surface area contributed by atoms with Crippen LogP contribution in [-0.4, -0.2) is 18.7 Å². The molecule has 3 heteroatoms. The van der Waals surface area contributed by atoms with E-state index in [1.165, 1.54) is 18.9 Å². The van der Waals surface area contributed by atoms with Gasteiger partial charge in [0.15, 0.2) is 0 Å². The number of ether oxygens (including phenoxy) is 1. The van der Waals surface area contributed by atoms with Gasteiger partial charge in [0.2, 0.25) is 0 Å². The maximum Gasteiger partial charge on any atom is 0.123 e. The molecular formula is C14H18FNO. The molecule has 1 aromatic rings. The third kappa shape index (κ3) is 2.29. The topological polar surface area (TPSA) is 21.3 Å². The van der Waals surface area contributed by atoms with Gasteiger partial charge in [-0.3, -0.25) is 0 Å². The Morgan fingerprint density at radius 2 is 2.24 bits per heavy atom. The number of halogens is 1. The van der Waals surface area contributed by atoms with Gasteiger partial charge in [-0.15, -0.1) is 0 Å². The van der Waals surface area contributed by atoms with Crippen molar-refractivity contribution >= 4 is 0 Å². The van der Waals surface area contributed by atoms with Crippen molar-refractivity contribution in [3.63, 3.8) is 0 Å². The van der Waals surface area contributed by atoms with Crippen molar-refractivity contribution in [2.24, 2.45) is 5.92 Å². The Morgan fingerprint density at radius 3 is 3.00 bits per heavy atom. The van der Waals surface area contributed by atoms with Gasteiger partial charge < -0.3 is 10.1 Å². The van der Waals surface area contributed by atoms with Crippen LogP contribution in [0.25, 0.3) is 0 Å². The van der Waals surface area contributed by atoms with Crippen LogP contribution in [0.3, 0.4) is 0 Å². The maximum absolute atomic E-state index is 13.0. The zero-order valence-corrected chi connectivity index (χ0v) is 10.1. The van der Waals surface area contributed by atoms with Crippen molar-refractivity contribution in [1.82, 2.24) is 5.32 Å². The summed E-state index contributed by atoms with van der Waals surface area (Å²) >= 11 is 0. The zero-order chi connectivity index (χ0) is 11.8. The molecule has 1 atom stereocenters. The molecule has 0 saturated heterocycles. The van der Waals surface area contributed by atoms with Crippen LogP contribution >= 0.6 is 0 Å². The molecule has 2 nitrogen and oxygen atoms in total. The van der Waals surface area contributed by atoms with Crippen LogP contribution in [0.5, 0.6) is 5.75 Å². The fraction of sp³-hybridized carbons (Fsp3) is 0.571. The van der Waals surface area contributed by atoms with Crippen LogP contribution in [-0.2, 0) is 6.42 Å². The first-order valence-corrected chi connectivity index (χ1v) is 6.39. The summed E-state index contributed by atoms with van der Waals surface area (Å²) < 4.78 is 18.8. The Kier molecular flexibility index (Phi) is 2.79. The third-order valence-corrected chi connectivity index (χ3v) is 3.77. The lowest BCUT2D eigenvalue weighted by Gasteiger charge is -2.34. The molecule has 0 amide bonds. The van der Waals surface area contributed by atoms with Crippen molar-refractivity contribution in [2.45, 2.75) is 38.3 Å². The normalized spacial score (nSPS) is 30.6. The van der Waals surface area contributed by atoms with Crippen LogP contribution in [0.1, 0.15) is 25.3 Å². The molecule has 92 valence electrons. The summed E-state index contributed by atoms with van der Waals surface area (Å²) in [6.45, 7) is 3.15. The standard InChI is InChI=1S/C14H18FNO/c1-9-4-12(5-9)16-8-13-7-10-6-11(15)2-3-14(10)17-13/h2-3,6,9,12-13,16H,4-5,7-8H2,1H3. The average molecular weight is 235 g/mol. The fourth-order valence-electron chi connectivity index (χ4n) is 2.77. The Labute approximate surface area is 101 Å². The van der Waals surface area contributed by atoms with Gasteiger partial charge in [-0.1, -0.05) is 6.92 Å². The molecule has 0 aromatic heterocycles. The monoisotopic (exact) mass is 235 g/mol. The third-order valence-electron chi connectivity index (χ3n) is 3.77. The molecular weight excluding hydrogens is 217 g/mol. The Morgan fingerprint density at radius 1 is 1.41 bits per heavy atom. The lowest BCUT2D eigenvalue weighted by Crippen LogP contribution is -2.44. The summed E-state index contributed by atoms with van der Waals surface area (Å²) in [5, 5.41) is 3.52. The lowest BCUT2D eigenvalue weighted by molar-refractivity contribution is 0.185. The summed E-state index contributed by atoms with van der Waals surface area (Å²) in [5.41, 5.74) is 0.999. The van der Waals surface area contributed by atoms with Gasteiger partial charge in [-0.2, -0.15) is 0 Å². The molecule has 1 fully saturated rings. The minimum absolute atomic E-state index is 0.169. The molecule has 1 aromatic carbocycles. The summed E-state index contributed by atoms with van der Waals surface area (Å²) in [4.78, 5) is 0. The summed E-state index contributed by atoms with van der Waals surface area (Å²) in [6, 6.07) is 5.44. The van der Waals surface area contributed by atoms with E-state index in [1.54, 1.807) is 12.1 Å². The van der Waals surface area contributed by atoms with Crippen LogP contribution in [0.2, 0.25) is 0 Å². The average Bonchev–Trinajstić information content (AvgIpc) is 2.64. The van der Waals surface area contributed by atoms with Crippen molar-refractivity contribution in [3.05, 3.63) is 29.6 Å². The highest BCUT2D eigenvalue weighted by atomic mass is 19.1. The summed E-state index contributed by atoms with van der Waals surface area (Å²) in [5.74, 6) is 1.54. The molecule has 1 unspecified atom stereocenters. The van der Waals surface area contributed by atoms with Crippen LogP contribution in [0.15, 0.2) is 18.2 Å². The molecule has 0 bridgehead atoms. The van der Waals surface area contributed by atoms with E-state index in [-0.39, 0.29) is 11.9 Å². The minimum Gasteiger partial charge on any atom is -0.488 e.